The lowest BCUT2D eigenvalue weighted by Crippen LogP contribution is -2.24. The van der Waals surface area contributed by atoms with Gasteiger partial charge in [0.25, 0.3) is 5.91 Å². The first-order chi connectivity index (χ1) is 11.7. The number of H-pyrrole nitrogens is 1. The van der Waals surface area contributed by atoms with Gasteiger partial charge in [0.05, 0.1) is 12.2 Å². The Balaban J connectivity index is 1.42. The van der Waals surface area contributed by atoms with Crippen LogP contribution >= 0.6 is 11.3 Å². The van der Waals surface area contributed by atoms with E-state index in [0.717, 1.165) is 23.4 Å². The Morgan fingerprint density at radius 3 is 2.83 bits per heavy atom. The molecule has 2 aromatic heterocycles. The summed E-state index contributed by atoms with van der Waals surface area (Å²) < 4.78 is 14.1. The van der Waals surface area contributed by atoms with Crippen LogP contribution in [0.15, 0.2) is 30.3 Å². The molecule has 4 rings (SSSR count). The molecule has 1 aliphatic carbocycles. The molecule has 24 heavy (non-hydrogen) atoms. The molecule has 1 aromatic carbocycles. The number of amides is 1. The number of carbonyl (C=O) groups excluding carboxylic acids is 1. The van der Waals surface area contributed by atoms with Crippen LogP contribution in [0.1, 0.15) is 39.9 Å². The zero-order chi connectivity index (χ0) is 16.5. The number of aromatic nitrogens is 4. The Bertz CT molecular complexity index is 872. The van der Waals surface area contributed by atoms with Crippen LogP contribution in [-0.4, -0.2) is 26.3 Å². The van der Waals surface area contributed by atoms with Gasteiger partial charge in [-0.2, -0.15) is 5.10 Å². The normalized spacial score (nSPS) is 13.9. The standard InChI is InChI=1S/C16H14FN5OS/c17-12-13(9-6-7-9)20-21-14(12)15(23)18-8-11-19-22-16(24-11)10-4-2-1-3-5-10/h1-5,9H,6-8H2,(H,18,23)(H,20,21). The van der Waals surface area contributed by atoms with Crippen molar-refractivity contribution >= 4 is 17.2 Å². The first kappa shape index (κ1) is 14.9. The number of nitrogens with one attached hydrogen (secondary N) is 2. The van der Waals surface area contributed by atoms with Gasteiger partial charge in [-0.3, -0.25) is 9.89 Å². The zero-order valence-corrected chi connectivity index (χ0v) is 13.4. The minimum Gasteiger partial charge on any atom is -0.344 e. The zero-order valence-electron chi connectivity index (χ0n) is 12.6. The second kappa shape index (κ2) is 6.12. The second-order valence-corrected chi connectivity index (χ2v) is 6.69. The van der Waals surface area contributed by atoms with Crippen LogP contribution in [0.3, 0.4) is 0 Å². The maximum Gasteiger partial charge on any atom is 0.275 e. The summed E-state index contributed by atoms with van der Waals surface area (Å²) in [5, 5.41) is 18.7. The summed E-state index contributed by atoms with van der Waals surface area (Å²) in [7, 11) is 0. The molecule has 0 saturated heterocycles. The molecule has 1 fully saturated rings. The summed E-state index contributed by atoms with van der Waals surface area (Å²) in [6, 6.07) is 9.68. The number of hydrogen-bond acceptors (Lipinski definition) is 5. The lowest BCUT2D eigenvalue weighted by molar-refractivity contribution is 0.0941. The third-order valence-electron chi connectivity index (χ3n) is 3.82. The van der Waals surface area contributed by atoms with Gasteiger partial charge in [-0.1, -0.05) is 41.7 Å². The highest BCUT2D eigenvalue weighted by Gasteiger charge is 2.31. The highest BCUT2D eigenvalue weighted by atomic mass is 32.1. The molecule has 122 valence electrons. The Morgan fingerprint density at radius 1 is 1.29 bits per heavy atom. The Hall–Kier alpha value is -2.61. The third kappa shape index (κ3) is 2.92. The number of rotatable bonds is 5. The van der Waals surface area contributed by atoms with Crippen LogP contribution in [0, 0.1) is 5.82 Å². The van der Waals surface area contributed by atoms with E-state index in [1.807, 2.05) is 30.3 Å². The molecule has 1 amide bonds. The first-order valence-corrected chi connectivity index (χ1v) is 8.44. The minimum absolute atomic E-state index is 0.177. The molecule has 1 saturated carbocycles. The van der Waals surface area contributed by atoms with Crippen molar-refractivity contribution in [1.29, 1.82) is 0 Å². The van der Waals surface area contributed by atoms with E-state index in [1.165, 1.54) is 11.3 Å². The molecule has 0 atom stereocenters. The predicted molar refractivity (Wildman–Crippen MR) is 87.0 cm³/mol. The Labute approximate surface area is 141 Å². The smallest absolute Gasteiger partial charge is 0.275 e. The molecule has 0 spiro atoms. The van der Waals surface area contributed by atoms with Crippen LogP contribution in [0.5, 0.6) is 0 Å². The van der Waals surface area contributed by atoms with Crippen molar-refractivity contribution in [1.82, 2.24) is 25.7 Å². The Kier molecular flexibility index (Phi) is 3.81. The van der Waals surface area contributed by atoms with Crippen LogP contribution in [-0.2, 0) is 6.54 Å². The van der Waals surface area contributed by atoms with Crippen molar-refractivity contribution in [3.63, 3.8) is 0 Å². The van der Waals surface area contributed by atoms with Crippen LogP contribution < -0.4 is 5.32 Å². The first-order valence-electron chi connectivity index (χ1n) is 7.62. The molecule has 3 aromatic rings. The lowest BCUT2D eigenvalue weighted by atomic mass is 10.2. The number of nitrogens with zero attached hydrogens (tertiary/aromatic N) is 3. The van der Waals surface area contributed by atoms with Crippen molar-refractivity contribution in [2.45, 2.75) is 25.3 Å². The van der Waals surface area contributed by atoms with Gasteiger partial charge in [0.2, 0.25) is 0 Å². The van der Waals surface area contributed by atoms with Crippen molar-refractivity contribution in [2.24, 2.45) is 0 Å². The fourth-order valence-electron chi connectivity index (χ4n) is 2.40. The van der Waals surface area contributed by atoms with E-state index >= 15 is 0 Å². The van der Waals surface area contributed by atoms with E-state index in [2.05, 4.69) is 25.7 Å². The van der Waals surface area contributed by atoms with Gasteiger partial charge in [-0.15, -0.1) is 10.2 Å². The molecular weight excluding hydrogens is 329 g/mol. The number of benzene rings is 1. The van der Waals surface area contributed by atoms with E-state index < -0.39 is 11.7 Å². The fourth-order valence-corrected chi connectivity index (χ4v) is 3.18. The summed E-state index contributed by atoms with van der Waals surface area (Å²) in [5.41, 5.74) is 1.21. The van der Waals surface area contributed by atoms with E-state index in [1.54, 1.807) is 0 Å². The van der Waals surface area contributed by atoms with Crippen LogP contribution in [0.25, 0.3) is 10.6 Å². The molecular formula is C16H14FN5OS. The van der Waals surface area contributed by atoms with E-state index in [4.69, 9.17) is 0 Å². The molecule has 2 heterocycles. The minimum atomic E-state index is -0.549. The third-order valence-corrected chi connectivity index (χ3v) is 4.79. The molecule has 0 unspecified atom stereocenters. The van der Waals surface area contributed by atoms with Gasteiger partial charge in [-0.05, 0) is 12.8 Å². The van der Waals surface area contributed by atoms with E-state index in [-0.39, 0.29) is 18.2 Å². The number of carbonyl (C=O) groups is 1. The highest BCUT2D eigenvalue weighted by Crippen LogP contribution is 2.40. The number of hydrogen-bond donors (Lipinski definition) is 2. The second-order valence-electron chi connectivity index (χ2n) is 5.62. The number of aromatic amines is 1. The van der Waals surface area contributed by atoms with Gasteiger partial charge < -0.3 is 5.32 Å². The highest BCUT2D eigenvalue weighted by molar-refractivity contribution is 7.14. The average Bonchev–Trinajstić information content (AvgIpc) is 3.21. The molecule has 6 nitrogen and oxygen atoms in total. The van der Waals surface area contributed by atoms with Crippen molar-refractivity contribution in [3.05, 3.63) is 52.5 Å². The maximum absolute atomic E-state index is 14.1. The van der Waals surface area contributed by atoms with Crippen molar-refractivity contribution in [2.75, 3.05) is 0 Å². The maximum atomic E-state index is 14.1. The summed E-state index contributed by atoms with van der Waals surface area (Å²) in [6.07, 6.45) is 1.88. The van der Waals surface area contributed by atoms with Gasteiger partial charge >= 0.3 is 0 Å². The van der Waals surface area contributed by atoms with Gasteiger partial charge in [0.15, 0.2) is 11.5 Å². The van der Waals surface area contributed by atoms with E-state index in [9.17, 15) is 9.18 Å². The Morgan fingerprint density at radius 2 is 2.08 bits per heavy atom. The van der Waals surface area contributed by atoms with Gasteiger partial charge in [0, 0.05) is 11.5 Å². The van der Waals surface area contributed by atoms with E-state index in [0.29, 0.717) is 10.7 Å². The summed E-state index contributed by atoms with van der Waals surface area (Å²) in [5.74, 6) is -0.917. The summed E-state index contributed by atoms with van der Waals surface area (Å²) >= 11 is 1.39. The predicted octanol–water partition coefficient (Wildman–Crippen LogP) is 2.87. The van der Waals surface area contributed by atoms with Crippen molar-refractivity contribution in [3.8, 4) is 10.6 Å². The molecule has 1 aliphatic rings. The van der Waals surface area contributed by atoms with Crippen LogP contribution in [0.2, 0.25) is 0 Å². The van der Waals surface area contributed by atoms with Gasteiger partial charge in [0.1, 0.15) is 10.0 Å². The topological polar surface area (TPSA) is 83.6 Å². The monoisotopic (exact) mass is 343 g/mol. The molecule has 0 radical (unpaired) electrons. The molecule has 0 bridgehead atoms. The average molecular weight is 343 g/mol. The molecule has 0 aliphatic heterocycles. The van der Waals surface area contributed by atoms with Crippen molar-refractivity contribution < 1.29 is 9.18 Å². The largest absolute Gasteiger partial charge is 0.344 e. The fraction of sp³-hybridized carbons (Fsp3) is 0.250. The molecule has 2 N–H and O–H groups in total. The summed E-state index contributed by atoms with van der Waals surface area (Å²) in [6.45, 7) is 0.189. The molecule has 8 heteroatoms. The lowest BCUT2D eigenvalue weighted by Gasteiger charge is -1.99. The summed E-state index contributed by atoms with van der Waals surface area (Å²) in [4.78, 5) is 12.1. The van der Waals surface area contributed by atoms with Crippen LogP contribution in [0.4, 0.5) is 4.39 Å². The number of halogens is 1. The quantitative estimate of drug-likeness (QED) is 0.746. The SMILES string of the molecule is O=C(NCc1nnc(-c2ccccc2)s1)c1n[nH]c(C2CC2)c1F. The van der Waals surface area contributed by atoms with Gasteiger partial charge in [-0.25, -0.2) is 4.39 Å².